The Balaban J connectivity index is 2.12. The highest BCUT2D eigenvalue weighted by Crippen LogP contribution is 2.21. The maximum Gasteiger partial charge on any atom is 0.310 e. The lowest BCUT2D eigenvalue weighted by Gasteiger charge is -2.13. The summed E-state index contributed by atoms with van der Waals surface area (Å²) in [5, 5.41) is 0. The van der Waals surface area contributed by atoms with Gasteiger partial charge in [-0.1, -0.05) is 12.1 Å². The van der Waals surface area contributed by atoms with Gasteiger partial charge in [-0.05, 0) is 30.2 Å². The van der Waals surface area contributed by atoms with Crippen LogP contribution in [0.4, 0.5) is 0 Å². The predicted octanol–water partition coefficient (Wildman–Crippen LogP) is 2.76. The Morgan fingerprint density at radius 2 is 2.00 bits per heavy atom. The monoisotopic (exact) mass is 218 g/mol. The van der Waals surface area contributed by atoms with Crippen molar-refractivity contribution in [1.82, 2.24) is 0 Å². The van der Waals surface area contributed by atoms with Crippen molar-refractivity contribution in [2.75, 3.05) is 7.11 Å². The van der Waals surface area contributed by atoms with Crippen molar-refractivity contribution < 1.29 is 14.3 Å². The highest BCUT2D eigenvalue weighted by atomic mass is 16.5. The van der Waals surface area contributed by atoms with Crippen LogP contribution in [0.3, 0.4) is 0 Å². The van der Waals surface area contributed by atoms with Gasteiger partial charge in [0.05, 0.1) is 7.11 Å². The molecule has 0 atom stereocenters. The van der Waals surface area contributed by atoms with Crippen molar-refractivity contribution in [2.45, 2.75) is 19.3 Å². The number of rotatable bonds is 2. The summed E-state index contributed by atoms with van der Waals surface area (Å²) < 4.78 is 10.2. The van der Waals surface area contributed by atoms with E-state index in [1.54, 1.807) is 7.11 Å². The Labute approximate surface area is 94.7 Å². The molecular formula is C13H14O3. The first-order valence-corrected chi connectivity index (χ1v) is 5.33. The fraction of sp³-hybridized carbons (Fsp3) is 0.308. The third kappa shape index (κ3) is 2.63. The average Bonchev–Trinajstić information content (AvgIpc) is 2.30. The number of methoxy groups -OCH3 is 1. The van der Waals surface area contributed by atoms with Crippen LogP contribution in [0, 0.1) is 0 Å². The molecule has 1 aliphatic rings. The van der Waals surface area contributed by atoms with Crippen LogP contribution in [0.5, 0.6) is 5.75 Å². The van der Waals surface area contributed by atoms with Crippen LogP contribution in [0.15, 0.2) is 30.0 Å². The third-order valence-electron chi connectivity index (χ3n) is 2.49. The summed E-state index contributed by atoms with van der Waals surface area (Å²) in [6, 6.07) is 7.65. The molecule has 1 saturated heterocycles. The van der Waals surface area contributed by atoms with E-state index in [1.807, 2.05) is 30.3 Å². The minimum atomic E-state index is -0.133. The van der Waals surface area contributed by atoms with Gasteiger partial charge in [-0.15, -0.1) is 0 Å². The highest BCUT2D eigenvalue weighted by molar-refractivity contribution is 5.73. The van der Waals surface area contributed by atoms with E-state index >= 15 is 0 Å². The number of benzene rings is 1. The van der Waals surface area contributed by atoms with Gasteiger partial charge < -0.3 is 9.47 Å². The van der Waals surface area contributed by atoms with Crippen LogP contribution < -0.4 is 4.74 Å². The standard InChI is InChI=1S/C13H14O3/c1-15-11-7-5-10(6-8-11)9-12-3-2-4-13(14)16-12/h5-9H,2-4H2,1H3/b12-9+. The van der Waals surface area contributed by atoms with Crippen molar-refractivity contribution >= 4 is 12.0 Å². The number of hydrogen-bond acceptors (Lipinski definition) is 3. The summed E-state index contributed by atoms with van der Waals surface area (Å²) in [6.07, 6.45) is 4.13. The summed E-state index contributed by atoms with van der Waals surface area (Å²) in [4.78, 5) is 11.1. The van der Waals surface area contributed by atoms with Gasteiger partial charge in [0.2, 0.25) is 0 Å². The molecule has 16 heavy (non-hydrogen) atoms. The second-order valence-corrected chi connectivity index (χ2v) is 3.71. The number of ether oxygens (including phenoxy) is 2. The lowest BCUT2D eigenvalue weighted by Crippen LogP contribution is -2.09. The Bertz CT molecular complexity index is 404. The fourth-order valence-electron chi connectivity index (χ4n) is 1.64. The molecule has 1 aliphatic heterocycles. The highest BCUT2D eigenvalue weighted by Gasteiger charge is 2.13. The van der Waals surface area contributed by atoms with E-state index in [9.17, 15) is 4.79 Å². The molecule has 0 radical (unpaired) electrons. The average molecular weight is 218 g/mol. The van der Waals surface area contributed by atoms with E-state index in [-0.39, 0.29) is 5.97 Å². The van der Waals surface area contributed by atoms with Crippen molar-refractivity contribution in [3.63, 3.8) is 0 Å². The molecule has 3 nitrogen and oxygen atoms in total. The number of carbonyl (C=O) groups is 1. The molecule has 0 N–H and O–H groups in total. The van der Waals surface area contributed by atoms with Crippen molar-refractivity contribution in [3.05, 3.63) is 35.6 Å². The van der Waals surface area contributed by atoms with Crippen LogP contribution in [-0.2, 0) is 9.53 Å². The van der Waals surface area contributed by atoms with Gasteiger partial charge in [-0.25, -0.2) is 0 Å². The first kappa shape index (κ1) is 10.7. The topological polar surface area (TPSA) is 35.5 Å². The Hall–Kier alpha value is -1.77. The molecule has 1 heterocycles. The summed E-state index contributed by atoms with van der Waals surface area (Å²) in [6.45, 7) is 0. The second kappa shape index (κ2) is 4.84. The quantitative estimate of drug-likeness (QED) is 0.716. The van der Waals surface area contributed by atoms with E-state index in [4.69, 9.17) is 9.47 Å². The van der Waals surface area contributed by atoms with Gasteiger partial charge in [0, 0.05) is 12.8 Å². The molecule has 0 unspecified atom stereocenters. The van der Waals surface area contributed by atoms with E-state index in [1.165, 1.54) is 0 Å². The van der Waals surface area contributed by atoms with Gasteiger partial charge in [-0.3, -0.25) is 4.79 Å². The Morgan fingerprint density at radius 3 is 2.62 bits per heavy atom. The molecule has 2 rings (SSSR count). The zero-order valence-corrected chi connectivity index (χ0v) is 9.23. The molecule has 1 aromatic carbocycles. The molecule has 1 aromatic rings. The van der Waals surface area contributed by atoms with Crippen LogP contribution in [0.25, 0.3) is 6.08 Å². The molecule has 0 aliphatic carbocycles. The minimum Gasteiger partial charge on any atom is -0.497 e. The normalized spacial score (nSPS) is 18.3. The number of allylic oxidation sites excluding steroid dienone is 1. The summed E-state index contributed by atoms with van der Waals surface area (Å²) in [5.41, 5.74) is 1.02. The van der Waals surface area contributed by atoms with Crippen LogP contribution >= 0.6 is 0 Å². The fourth-order valence-corrected chi connectivity index (χ4v) is 1.64. The molecule has 0 aromatic heterocycles. The number of carbonyl (C=O) groups excluding carboxylic acids is 1. The third-order valence-corrected chi connectivity index (χ3v) is 2.49. The van der Waals surface area contributed by atoms with Gasteiger partial charge >= 0.3 is 5.97 Å². The second-order valence-electron chi connectivity index (χ2n) is 3.71. The van der Waals surface area contributed by atoms with Gasteiger partial charge in [0.25, 0.3) is 0 Å². The zero-order valence-electron chi connectivity index (χ0n) is 9.23. The SMILES string of the molecule is COc1ccc(/C=C2\CCCC(=O)O2)cc1. The molecule has 3 heteroatoms. The Morgan fingerprint density at radius 1 is 1.25 bits per heavy atom. The number of cyclic esters (lactones) is 1. The maximum absolute atomic E-state index is 11.1. The molecule has 1 fully saturated rings. The smallest absolute Gasteiger partial charge is 0.310 e. The van der Waals surface area contributed by atoms with Crippen LogP contribution in [-0.4, -0.2) is 13.1 Å². The summed E-state index contributed by atoms with van der Waals surface area (Å²) in [5.74, 6) is 1.44. The van der Waals surface area contributed by atoms with Gasteiger partial charge in [-0.2, -0.15) is 0 Å². The Kier molecular flexibility index (Phi) is 3.25. The maximum atomic E-state index is 11.1. The van der Waals surface area contributed by atoms with Gasteiger partial charge in [0.15, 0.2) is 0 Å². The molecule has 84 valence electrons. The van der Waals surface area contributed by atoms with E-state index in [0.29, 0.717) is 6.42 Å². The summed E-state index contributed by atoms with van der Waals surface area (Å²) in [7, 11) is 1.64. The lowest BCUT2D eigenvalue weighted by atomic mass is 10.1. The van der Waals surface area contributed by atoms with Crippen LogP contribution in [0.2, 0.25) is 0 Å². The molecule has 0 amide bonds. The van der Waals surface area contributed by atoms with Crippen LogP contribution in [0.1, 0.15) is 24.8 Å². The van der Waals surface area contributed by atoms with Gasteiger partial charge in [0.1, 0.15) is 11.5 Å². The molecule has 0 saturated carbocycles. The molecule has 0 spiro atoms. The zero-order chi connectivity index (χ0) is 11.4. The van der Waals surface area contributed by atoms with E-state index in [0.717, 1.165) is 29.9 Å². The van der Waals surface area contributed by atoms with Crippen molar-refractivity contribution in [2.24, 2.45) is 0 Å². The number of esters is 1. The predicted molar refractivity (Wildman–Crippen MR) is 60.9 cm³/mol. The first-order chi connectivity index (χ1) is 7.78. The van der Waals surface area contributed by atoms with E-state index < -0.39 is 0 Å². The van der Waals surface area contributed by atoms with E-state index in [2.05, 4.69) is 0 Å². The van der Waals surface area contributed by atoms with Crippen molar-refractivity contribution in [1.29, 1.82) is 0 Å². The lowest BCUT2D eigenvalue weighted by molar-refractivity contribution is -0.141. The van der Waals surface area contributed by atoms with Crippen molar-refractivity contribution in [3.8, 4) is 5.75 Å². The number of hydrogen-bond donors (Lipinski definition) is 0. The largest absolute Gasteiger partial charge is 0.497 e. The molecular weight excluding hydrogens is 204 g/mol. The molecule has 0 bridgehead atoms. The minimum absolute atomic E-state index is 0.133. The summed E-state index contributed by atoms with van der Waals surface area (Å²) >= 11 is 0. The first-order valence-electron chi connectivity index (χ1n) is 5.33.